The molecular weight excluding hydrogens is 350 g/mol. The molecule has 144 valence electrons. The minimum atomic E-state index is -0.0527. The molecule has 1 aromatic heterocycles. The van der Waals surface area contributed by atoms with E-state index in [2.05, 4.69) is 30.6 Å². The van der Waals surface area contributed by atoms with Crippen LogP contribution in [0.4, 0.5) is 0 Å². The van der Waals surface area contributed by atoms with Gasteiger partial charge < -0.3 is 9.64 Å². The van der Waals surface area contributed by atoms with Gasteiger partial charge >= 0.3 is 0 Å². The maximum absolute atomic E-state index is 13.1. The average molecular weight is 375 g/mol. The minimum absolute atomic E-state index is 0.0210. The molecule has 0 spiro atoms. The zero-order chi connectivity index (χ0) is 19.7. The zero-order valence-electron chi connectivity index (χ0n) is 16.6. The van der Waals surface area contributed by atoms with Crippen LogP contribution in [0.1, 0.15) is 42.4 Å². The van der Waals surface area contributed by atoms with Gasteiger partial charge in [0.25, 0.3) is 5.91 Å². The molecular formula is C23H25N3O2. The third kappa shape index (κ3) is 3.65. The highest BCUT2D eigenvalue weighted by Gasteiger charge is 2.28. The molecule has 2 aromatic carbocycles. The van der Waals surface area contributed by atoms with Gasteiger partial charge in [0, 0.05) is 36.3 Å². The molecule has 1 aliphatic rings. The van der Waals surface area contributed by atoms with Crippen LogP contribution in [0.3, 0.4) is 0 Å². The fraction of sp³-hybridized carbons (Fsp3) is 0.304. The molecule has 0 atom stereocenters. The summed E-state index contributed by atoms with van der Waals surface area (Å²) in [5.41, 5.74) is 2.95. The molecule has 0 unspecified atom stereocenters. The van der Waals surface area contributed by atoms with E-state index < -0.39 is 0 Å². The Hall–Kier alpha value is -3.08. The van der Waals surface area contributed by atoms with Crippen LogP contribution in [0, 0.1) is 0 Å². The number of carbonyl (C=O) groups excluding carboxylic acids is 1. The van der Waals surface area contributed by atoms with Crippen LogP contribution in [0.5, 0.6) is 11.5 Å². The van der Waals surface area contributed by atoms with Crippen molar-refractivity contribution < 1.29 is 9.53 Å². The van der Waals surface area contributed by atoms with Crippen molar-refractivity contribution in [2.24, 2.45) is 0 Å². The highest BCUT2D eigenvalue weighted by Crippen LogP contribution is 2.27. The Morgan fingerprint density at radius 3 is 2.54 bits per heavy atom. The molecule has 5 heteroatoms. The van der Waals surface area contributed by atoms with Crippen molar-refractivity contribution in [2.45, 2.75) is 39.3 Å². The van der Waals surface area contributed by atoms with Crippen LogP contribution in [0.2, 0.25) is 0 Å². The predicted octanol–water partition coefficient (Wildman–Crippen LogP) is 4.63. The Morgan fingerprint density at radius 1 is 1.04 bits per heavy atom. The standard InChI is InChI=1S/C23H25N3O2/c1-23(2,3)26-21-12-13-25(16-18(21)15-24-26)22(27)17-8-7-11-20(14-17)28-19-9-5-4-6-10-19/h4-11,14-15H,12-13,16H2,1-3H3. The van der Waals surface area contributed by atoms with Gasteiger partial charge in [-0.2, -0.15) is 5.10 Å². The van der Waals surface area contributed by atoms with Crippen molar-refractivity contribution >= 4 is 5.91 Å². The van der Waals surface area contributed by atoms with Gasteiger partial charge in [-0.25, -0.2) is 0 Å². The van der Waals surface area contributed by atoms with E-state index in [0.717, 1.165) is 17.7 Å². The van der Waals surface area contributed by atoms with Crippen LogP contribution in [-0.4, -0.2) is 27.1 Å². The number of carbonyl (C=O) groups is 1. The Morgan fingerprint density at radius 2 is 1.79 bits per heavy atom. The largest absolute Gasteiger partial charge is 0.457 e. The Labute approximate surface area is 165 Å². The molecule has 5 nitrogen and oxygen atoms in total. The summed E-state index contributed by atoms with van der Waals surface area (Å²) in [6, 6.07) is 17.0. The molecule has 3 aromatic rings. The highest BCUT2D eigenvalue weighted by molar-refractivity contribution is 5.94. The number of benzene rings is 2. The summed E-state index contributed by atoms with van der Waals surface area (Å²) in [5.74, 6) is 1.44. The Balaban J connectivity index is 1.51. The van der Waals surface area contributed by atoms with E-state index >= 15 is 0 Å². The van der Waals surface area contributed by atoms with Crippen molar-refractivity contribution in [1.29, 1.82) is 0 Å². The summed E-state index contributed by atoms with van der Waals surface area (Å²) in [7, 11) is 0. The average Bonchev–Trinajstić information content (AvgIpc) is 3.12. The van der Waals surface area contributed by atoms with Crippen molar-refractivity contribution in [3.63, 3.8) is 0 Å². The summed E-state index contributed by atoms with van der Waals surface area (Å²) in [5, 5.41) is 4.56. The summed E-state index contributed by atoms with van der Waals surface area (Å²) in [4.78, 5) is 14.9. The summed E-state index contributed by atoms with van der Waals surface area (Å²) >= 11 is 0. The molecule has 1 aliphatic heterocycles. The van der Waals surface area contributed by atoms with Crippen LogP contribution in [0.25, 0.3) is 0 Å². The third-order valence-corrected chi connectivity index (χ3v) is 4.92. The highest BCUT2D eigenvalue weighted by atomic mass is 16.5. The van der Waals surface area contributed by atoms with E-state index in [4.69, 9.17) is 4.74 Å². The topological polar surface area (TPSA) is 47.4 Å². The molecule has 0 saturated carbocycles. The summed E-state index contributed by atoms with van der Waals surface area (Å²) < 4.78 is 7.95. The van der Waals surface area contributed by atoms with Crippen molar-refractivity contribution in [1.82, 2.24) is 14.7 Å². The van der Waals surface area contributed by atoms with Crippen molar-refractivity contribution in [2.75, 3.05) is 6.54 Å². The number of aromatic nitrogens is 2. The van der Waals surface area contributed by atoms with Gasteiger partial charge in [-0.15, -0.1) is 0 Å². The van der Waals surface area contributed by atoms with Gasteiger partial charge in [0.2, 0.25) is 0 Å². The first-order valence-electron chi connectivity index (χ1n) is 9.60. The van der Waals surface area contributed by atoms with E-state index in [0.29, 0.717) is 24.4 Å². The second kappa shape index (κ2) is 7.15. The van der Waals surface area contributed by atoms with E-state index in [1.807, 2.05) is 65.7 Å². The molecule has 0 radical (unpaired) electrons. The second-order valence-corrected chi connectivity index (χ2v) is 8.12. The number of amides is 1. The molecule has 0 saturated heterocycles. The quantitative estimate of drug-likeness (QED) is 0.671. The van der Waals surface area contributed by atoms with Crippen molar-refractivity contribution in [3.05, 3.63) is 77.6 Å². The predicted molar refractivity (Wildman–Crippen MR) is 109 cm³/mol. The van der Waals surface area contributed by atoms with Gasteiger partial charge in [-0.05, 0) is 51.1 Å². The molecule has 28 heavy (non-hydrogen) atoms. The summed E-state index contributed by atoms with van der Waals surface area (Å²) in [6.07, 6.45) is 2.72. The van der Waals surface area contributed by atoms with Gasteiger partial charge in [0.15, 0.2) is 0 Å². The Kier molecular flexibility index (Phi) is 4.67. The lowest BCUT2D eigenvalue weighted by atomic mass is 10.0. The fourth-order valence-corrected chi connectivity index (χ4v) is 3.58. The number of hydrogen-bond acceptors (Lipinski definition) is 3. The van der Waals surface area contributed by atoms with Gasteiger partial charge in [0.1, 0.15) is 11.5 Å². The lowest BCUT2D eigenvalue weighted by Gasteiger charge is -2.30. The van der Waals surface area contributed by atoms with E-state index in [-0.39, 0.29) is 11.4 Å². The Bertz CT molecular complexity index is 987. The first-order valence-corrected chi connectivity index (χ1v) is 9.60. The van der Waals surface area contributed by atoms with Gasteiger partial charge in [-0.1, -0.05) is 24.3 Å². The third-order valence-electron chi connectivity index (χ3n) is 4.92. The maximum atomic E-state index is 13.1. The van der Waals surface area contributed by atoms with Crippen LogP contribution >= 0.6 is 0 Å². The number of rotatable bonds is 3. The van der Waals surface area contributed by atoms with E-state index in [1.54, 1.807) is 0 Å². The number of hydrogen-bond donors (Lipinski definition) is 0. The minimum Gasteiger partial charge on any atom is -0.457 e. The number of para-hydroxylation sites is 1. The first-order chi connectivity index (χ1) is 13.4. The normalized spacial score (nSPS) is 13.9. The first kappa shape index (κ1) is 18.3. The molecule has 0 bridgehead atoms. The molecule has 0 N–H and O–H groups in total. The van der Waals surface area contributed by atoms with Crippen LogP contribution in [-0.2, 0) is 18.5 Å². The fourth-order valence-electron chi connectivity index (χ4n) is 3.58. The molecule has 0 fully saturated rings. The van der Waals surface area contributed by atoms with E-state index in [1.165, 1.54) is 5.69 Å². The molecule has 0 aliphatic carbocycles. The number of ether oxygens (including phenoxy) is 1. The molecule has 2 heterocycles. The van der Waals surface area contributed by atoms with E-state index in [9.17, 15) is 4.79 Å². The van der Waals surface area contributed by atoms with Crippen molar-refractivity contribution in [3.8, 4) is 11.5 Å². The SMILES string of the molecule is CC(C)(C)n1ncc2c1CCN(C(=O)c1cccc(Oc3ccccc3)c1)C2. The lowest BCUT2D eigenvalue weighted by Crippen LogP contribution is -2.37. The number of nitrogens with zero attached hydrogens (tertiary/aromatic N) is 3. The van der Waals surface area contributed by atoms with Gasteiger partial charge in [-0.3, -0.25) is 9.48 Å². The molecule has 4 rings (SSSR count). The van der Waals surface area contributed by atoms with Gasteiger partial charge in [0.05, 0.1) is 11.7 Å². The number of fused-ring (bicyclic) bond motifs is 1. The van der Waals surface area contributed by atoms with Crippen LogP contribution in [0.15, 0.2) is 60.8 Å². The monoisotopic (exact) mass is 375 g/mol. The van der Waals surface area contributed by atoms with Crippen LogP contribution < -0.4 is 4.74 Å². The lowest BCUT2D eigenvalue weighted by molar-refractivity contribution is 0.0732. The smallest absolute Gasteiger partial charge is 0.254 e. The second-order valence-electron chi connectivity index (χ2n) is 8.12. The molecule has 1 amide bonds. The summed E-state index contributed by atoms with van der Waals surface area (Å²) in [6.45, 7) is 7.73. The maximum Gasteiger partial charge on any atom is 0.254 e. The zero-order valence-corrected chi connectivity index (χ0v) is 16.6.